The minimum Gasteiger partial charge on any atom is -0.347 e. The van der Waals surface area contributed by atoms with Gasteiger partial charge in [0.05, 0.1) is 10.7 Å². The van der Waals surface area contributed by atoms with Crippen molar-refractivity contribution in [1.29, 1.82) is 0 Å². The summed E-state index contributed by atoms with van der Waals surface area (Å²) >= 11 is 5.91. The molecule has 0 atom stereocenters. The Morgan fingerprint density at radius 3 is 3.12 bits per heavy atom. The van der Waals surface area contributed by atoms with E-state index < -0.39 is 0 Å². The van der Waals surface area contributed by atoms with Gasteiger partial charge in [-0.25, -0.2) is 4.98 Å². The van der Waals surface area contributed by atoms with E-state index >= 15 is 0 Å². The average molecular weight is 250 g/mol. The predicted molar refractivity (Wildman–Crippen MR) is 67.5 cm³/mol. The first-order valence-corrected chi connectivity index (χ1v) is 5.54. The number of rotatable bonds is 3. The lowest BCUT2D eigenvalue weighted by atomic mass is 10.3. The highest BCUT2D eigenvalue weighted by Crippen LogP contribution is 2.16. The van der Waals surface area contributed by atoms with Gasteiger partial charge in [-0.3, -0.25) is 9.20 Å². The van der Waals surface area contributed by atoms with E-state index in [1.165, 1.54) is 0 Å². The molecule has 0 saturated heterocycles. The van der Waals surface area contributed by atoms with Gasteiger partial charge in [-0.05, 0) is 19.1 Å². The van der Waals surface area contributed by atoms with E-state index in [2.05, 4.69) is 16.9 Å². The topological polar surface area (TPSA) is 46.4 Å². The van der Waals surface area contributed by atoms with Crippen molar-refractivity contribution in [3.05, 3.63) is 47.4 Å². The minimum absolute atomic E-state index is 0.183. The Labute approximate surface area is 104 Å². The van der Waals surface area contributed by atoms with E-state index in [0.717, 1.165) is 0 Å². The van der Waals surface area contributed by atoms with Crippen molar-refractivity contribution in [3.63, 3.8) is 0 Å². The number of halogens is 1. The molecule has 0 aromatic carbocycles. The summed E-state index contributed by atoms with van der Waals surface area (Å²) in [6.45, 7) is 5.77. The van der Waals surface area contributed by atoms with Crippen molar-refractivity contribution < 1.29 is 4.79 Å². The van der Waals surface area contributed by atoms with Crippen LogP contribution < -0.4 is 5.32 Å². The van der Waals surface area contributed by atoms with Gasteiger partial charge in [0.15, 0.2) is 0 Å². The van der Waals surface area contributed by atoms with Crippen molar-refractivity contribution >= 4 is 23.2 Å². The van der Waals surface area contributed by atoms with Crippen molar-refractivity contribution in [3.8, 4) is 0 Å². The maximum atomic E-state index is 11.9. The Morgan fingerprint density at radius 1 is 1.65 bits per heavy atom. The number of fused-ring (bicyclic) bond motifs is 1. The molecule has 0 aliphatic heterocycles. The van der Waals surface area contributed by atoms with E-state index in [1.807, 2.05) is 0 Å². The molecule has 2 aromatic heterocycles. The second kappa shape index (κ2) is 4.59. The summed E-state index contributed by atoms with van der Waals surface area (Å²) in [5, 5.41) is 3.29. The summed E-state index contributed by atoms with van der Waals surface area (Å²) in [5.74, 6) is -0.183. The Balaban J connectivity index is 2.51. The normalized spacial score (nSPS) is 10.5. The highest BCUT2D eigenvalue weighted by molar-refractivity contribution is 6.30. The summed E-state index contributed by atoms with van der Waals surface area (Å²) in [5.41, 5.74) is 1.88. The number of amides is 1. The van der Waals surface area contributed by atoms with Crippen LogP contribution in [0.5, 0.6) is 0 Å². The van der Waals surface area contributed by atoms with E-state index in [-0.39, 0.29) is 5.91 Å². The minimum atomic E-state index is -0.183. The quantitative estimate of drug-likeness (QED) is 0.848. The standard InChI is InChI=1S/C12H12ClN3O/c1-3-6-14-12(17)11-8(2)15-10-5-4-9(13)7-16(10)11/h3-5,7H,1,6H2,2H3,(H,14,17). The SMILES string of the molecule is C=CCNC(=O)c1c(C)nc2ccc(Cl)cn12. The second-order valence-corrected chi connectivity index (χ2v) is 4.06. The number of hydrogen-bond donors (Lipinski definition) is 1. The van der Waals surface area contributed by atoms with Crippen LogP contribution in [-0.2, 0) is 0 Å². The van der Waals surface area contributed by atoms with Crippen LogP contribution in [0.3, 0.4) is 0 Å². The molecule has 1 N–H and O–H groups in total. The largest absolute Gasteiger partial charge is 0.347 e. The number of carbonyl (C=O) groups is 1. The van der Waals surface area contributed by atoms with Gasteiger partial charge in [-0.1, -0.05) is 17.7 Å². The molecular weight excluding hydrogens is 238 g/mol. The molecule has 0 spiro atoms. The summed E-state index contributed by atoms with van der Waals surface area (Å²) < 4.78 is 1.69. The Bertz CT molecular complexity index is 589. The highest BCUT2D eigenvalue weighted by atomic mass is 35.5. The van der Waals surface area contributed by atoms with Crippen LogP contribution in [0.1, 0.15) is 16.2 Å². The zero-order chi connectivity index (χ0) is 12.4. The zero-order valence-corrected chi connectivity index (χ0v) is 10.2. The Kier molecular flexibility index (Phi) is 3.15. The number of nitrogens with zero attached hydrogens (tertiary/aromatic N) is 2. The molecule has 0 aliphatic rings. The molecule has 0 unspecified atom stereocenters. The first-order valence-electron chi connectivity index (χ1n) is 5.17. The first kappa shape index (κ1) is 11.7. The second-order valence-electron chi connectivity index (χ2n) is 3.62. The van der Waals surface area contributed by atoms with Crippen molar-refractivity contribution in [2.75, 3.05) is 6.54 Å². The molecule has 0 aliphatic carbocycles. The van der Waals surface area contributed by atoms with Gasteiger partial charge in [0, 0.05) is 12.7 Å². The molecule has 1 amide bonds. The Morgan fingerprint density at radius 2 is 2.41 bits per heavy atom. The number of hydrogen-bond acceptors (Lipinski definition) is 2. The van der Waals surface area contributed by atoms with Gasteiger partial charge >= 0.3 is 0 Å². The fourth-order valence-electron chi connectivity index (χ4n) is 1.66. The van der Waals surface area contributed by atoms with Crippen LogP contribution in [0, 0.1) is 6.92 Å². The molecule has 17 heavy (non-hydrogen) atoms. The van der Waals surface area contributed by atoms with E-state index in [0.29, 0.717) is 28.6 Å². The van der Waals surface area contributed by atoms with Crippen molar-refractivity contribution in [2.45, 2.75) is 6.92 Å². The van der Waals surface area contributed by atoms with Crippen LogP contribution >= 0.6 is 11.6 Å². The molecule has 2 aromatic rings. The smallest absolute Gasteiger partial charge is 0.270 e. The number of aryl methyl sites for hydroxylation is 1. The molecule has 88 valence electrons. The molecular formula is C12H12ClN3O. The fourth-order valence-corrected chi connectivity index (χ4v) is 1.82. The van der Waals surface area contributed by atoms with Gasteiger partial charge in [0.1, 0.15) is 11.3 Å². The summed E-state index contributed by atoms with van der Waals surface area (Å²) in [6.07, 6.45) is 3.31. The van der Waals surface area contributed by atoms with E-state index in [1.54, 1.807) is 35.7 Å². The van der Waals surface area contributed by atoms with E-state index in [9.17, 15) is 4.79 Å². The molecule has 2 rings (SSSR count). The number of imidazole rings is 1. The molecule has 0 fully saturated rings. The molecule has 4 nitrogen and oxygen atoms in total. The van der Waals surface area contributed by atoms with Gasteiger partial charge in [-0.15, -0.1) is 6.58 Å². The third kappa shape index (κ3) is 2.17. The monoisotopic (exact) mass is 249 g/mol. The number of nitrogens with one attached hydrogen (secondary N) is 1. The maximum absolute atomic E-state index is 11.9. The predicted octanol–water partition coefficient (Wildman–Crippen LogP) is 2.21. The van der Waals surface area contributed by atoms with Gasteiger partial charge < -0.3 is 5.32 Å². The van der Waals surface area contributed by atoms with Crippen LogP contribution in [0.25, 0.3) is 5.65 Å². The fraction of sp³-hybridized carbons (Fsp3) is 0.167. The highest BCUT2D eigenvalue weighted by Gasteiger charge is 2.15. The van der Waals surface area contributed by atoms with Crippen LogP contribution in [0.4, 0.5) is 0 Å². The third-order valence-corrected chi connectivity index (χ3v) is 2.60. The number of aromatic nitrogens is 2. The van der Waals surface area contributed by atoms with Gasteiger partial charge in [-0.2, -0.15) is 0 Å². The van der Waals surface area contributed by atoms with Crippen molar-refractivity contribution in [2.24, 2.45) is 0 Å². The number of carbonyl (C=O) groups excluding carboxylic acids is 1. The van der Waals surface area contributed by atoms with Crippen molar-refractivity contribution in [1.82, 2.24) is 14.7 Å². The lowest BCUT2D eigenvalue weighted by molar-refractivity contribution is 0.0951. The molecule has 5 heteroatoms. The van der Waals surface area contributed by atoms with Gasteiger partial charge in [0.25, 0.3) is 5.91 Å². The van der Waals surface area contributed by atoms with Crippen LogP contribution in [-0.4, -0.2) is 21.8 Å². The summed E-state index contributed by atoms with van der Waals surface area (Å²) in [4.78, 5) is 16.2. The maximum Gasteiger partial charge on any atom is 0.270 e. The molecule has 2 heterocycles. The Hall–Kier alpha value is -1.81. The van der Waals surface area contributed by atoms with Crippen LogP contribution in [0.15, 0.2) is 31.0 Å². The first-order chi connectivity index (χ1) is 8.13. The average Bonchev–Trinajstić information content (AvgIpc) is 2.61. The summed E-state index contributed by atoms with van der Waals surface area (Å²) in [7, 11) is 0. The lowest BCUT2D eigenvalue weighted by Gasteiger charge is -2.03. The molecule has 0 bridgehead atoms. The van der Waals surface area contributed by atoms with E-state index in [4.69, 9.17) is 11.6 Å². The van der Waals surface area contributed by atoms with Crippen LogP contribution in [0.2, 0.25) is 5.02 Å². The summed E-state index contributed by atoms with van der Waals surface area (Å²) in [6, 6.07) is 3.52. The zero-order valence-electron chi connectivity index (χ0n) is 9.40. The molecule has 0 radical (unpaired) electrons. The third-order valence-electron chi connectivity index (χ3n) is 2.38. The van der Waals surface area contributed by atoms with Gasteiger partial charge in [0.2, 0.25) is 0 Å². The lowest BCUT2D eigenvalue weighted by Crippen LogP contribution is -2.25. The number of pyridine rings is 1. The molecule has 0 saturated carbocycles.